The maximum absolute atomic E-state index is 12.8. The molecule has 3 aromatic rings. The first-order valence-corrected chi connectivity index (χ1v) is 9.68. The molecule has 0 aliphatic heterocycles. The van der Waals surface area contributed by atoms with E-state index < -0.39 is 0 Å². The number of carbonyl (C=O) groups excluding carboxylic acids is 2. The molecule has 3 aromatic carbocycles. The van der Waals surface area contributed by atoms with Crippen molar-refractivity contribution in [3.63, 3.8) is 0 Å². The van der Waals surface area contributed by atoms with Gasteiger partial charge in [-0.1, -0.05) is 36.4 Å². The number of nitrogen functional groups attached to an aromatic ring is 1. The van der Waals surface area contributed by atoms with E-state index in [2.05, 4.69) is 5.32 Å². The lowest BCUT2D eigenvalue weighted by atomic mass is 10.1. The van der Waals surface area contributed by atoms with E-state index in [1.807, 2.05) is 61.5 Å². The monoisotopic (exact) mass is 387 g/mol. The number of anilines is 3. The van der Waals surface area contributed by atoms with Gasteiger partial charge < -0.3 is 16.0 Å². The minimum atomic E-state index is -0.0909. The first-order chi connectivity index (χ1) is 14.1. The molecule has 3 rings (SSSR count). The summed E-state index contributed by atoms with van der Waals surface area (Å²) in [6, 6.07) is 24.1. The van der Waals surface area contributed by atoms with E-state index in [9.17, 15) is 9.59 Å². The van der Waals surface area contributed by atoms with E-state index >= 15 is 0 Å². The molecule has 148 valence electrons. The Hall–Kier alpha value is -3.60. The van der Waals surface area contributed by atoms with Crippen LogP contribution in [0.15, 0.2) is 78.9 Å². The summed E-state index contributed by atoms with van der Waals surface area (Å²) in [6.07, 6.45) is 0.921. The summed E-state index contributed by atoms with van der Waals surface area (Å²) < 4.78 is 0. The molecule has 3 N–H and O–H groups in total. The van der Waals surface area contributed by atoms with E-state index in [0.29, 0.717) is 36.3 Å². The molecule has 2 amide bonds. The van der Waals surface area contributed by atoms with Crippen LogP contribution in [0.5, 0.6) is 0 Å². The highest BCUT2D eigenvalue weighted by Gasteiger charge is 2.16. The van der Waals surface area contributed by atoms with Crippen molar-refractivity contribution in [3.05, 3.63) is 90.0 Å². The zero-order chi connectivity index (χ0) is 20.6. The van der Waals surface area contributed by atoms with Crippen molar-refractivity contribution >= 4 is 28.9 Å². The molecule has 0 saturated carbocycles. The van der Waals surface area contributed by atoms with Crippen LogP contribution in [0.25, 0.3) is 0 Å². The Morgan fingerprint density at radius 2 is 1.55 bits per heavy atom. The summed E-state index contributed by atoms with van der Waals surface area (Å²) in [7, 11) is 0. The molecule has 0 radical (unpaired) electrons. The lowest BCUT2D eigenvalue weighted by Gasteiger charge is -2.21. The van der Waals surface area contributed by atoms with Gasteiger partial charge in [-0.15, -0.1) is 0 Å². The fourth-order valence-electron chi connectivity index (χ4n) is 3.14. The zero-order valence-corrected chi connectivity index (χ0v) is 16.5. The van der Waals surface area contributed by atoms with Crippen molar-refractivity contribution < 1.29 is 9.59 Å². The minimum absolute atomic E-state index is 0.0730. The standard InChI is InChI=1S/C24H25N3O2/c1-2-27(21-9-4-3-5-10-21)24(29)19-12-15-20(16-13-19)26-23(28)17-14-18-8-6-7-11-22(18)25/h3-13,15-16H,2,14,17,25H2,1H3,(H,26,28). The number of amides is 2. The van der Waals surface area contributed by atoms with E-state index in [0.717, 1.165) is 11.3 Å². The van der Waals surface area contributed by atoms with Crippen molar-refractivity contribution in [2.75, 3.05) is 22.5 Å². The number of nitrogens with one attached hydrogen (secondary N) is 1. The van der Waals surface area contributed by atoms with Crippen LogP contribution in [0.2, 0.25) is 0 Å². The largest absolute Gasteiger partial charge is 0.399 e. The fourth-order valence-corrected chi connectivity index (χ4v) is 3.14. The van der Waals surface area contributed by atoms with Crippen molar-refractivity contribution in [2.45, 2.75) is 19.8 Å². The van der Waals surface area contributed by atoms with Crippen LogP contribution in [0.4, 0.5) is 17.1 Å². The van der Waals surface area contributed by atoms with Gasteiger partial charge in [0.25, 0.3) is 5.91 Å². The number of hydrogen-bond donors (Lipinski definition) is 2. The summed E-state index contributed by atoms with van der Waals surface area (Å²) in [5, 5.41) is 2.87. The molecular formula is C24H25N3O2. The van der Waals surface area contributed by atoms with Gasteiger partial charge in [-0.3, -0.25) is 9.59 Å². The third kappa shape index (κ3) is 5.23. The van der Waals surface area contributed by atoms with Gasteiger partial charge in [0.1, 0.15) is 0 Å². The quantitative estimate of drug-likeness (QED) is 0.586. The molecule has 0 fully saturated rings. The Morgan fingerprint density at radius 3 is 2.21 bits per heavy atom. The normalized spacial score (nSPS) is 10.4. The van der Waals surface area contributed by atoms with Gasteiger partial charge in [0.2, 0.25) is 5.91 Å². The SMILES string of the molecule is CCN(C(=O)c1ccc(NC(=O)CCc2ccccc2N)cc1)c1ccccc1. The van der Waals surface area contributed by atoms with E-state index in [1.165, 1.54) is 0 Å². The number of para-hydroxylation sites is 2. The third-order valence-electron chi connectivity index (χ3n) is 4.72. The van der Waals surface area contributed by atoms with Gasteiger partial charge >= 0.3 is 0 Å². The van der Waals surface area contributed by atoms with Crippen molar-refractivity contribution in [1.29, 1.82) is 0 Å². The average molecular weight is 387 g/mol. The van der Waals surface area contributed by atoms with Gasteiger partial charge in [0, 0.05) is 35.6 Å². The summed E-state index contributed by atoms with van der Waals surface area (Å²) in [4.78, 5) is 26.8. The van der Waals surface area contributed by atoms with Gasteiger partial charge in [-0.25, -0.2) is 0 Å². The maximum atomic E-state index is 12.8. The van der Waals surface area contributed by atoms with Crippen molar-refractivity contribution in [3.8, 4) is 0 Å². The Morgan fingerprint density at radius 1 is 0.897 bits per heavy atom. The van der Waals surface area contributed by atoms with Crippen molar-refractivity contribution in [1.82, 2.24) is 0 Å². The number of nitrogens with two attached hydrogens (primary N) is 1. The highest BCUT2D eigenvalue weighted by molar-refractivity contribution is 6.06. The Kier molecular flexibility index (Phi) is 6.63. The summed E-state index contributed by atoms with van der Waals surface area (Å²) in [6.45, 7) is 2.52. The number of hydrogen-bond acceptors (Lipinski definition) is 3. The molecule has 0 aromatic heterocycles. The first kappa shape index (κ1) is 20.1. The summed E-state index contributed by atoms with van der Waals surface area (Å²) in [5.41, 5.74) is 9.67. The maximum Gasteiger partial charge on any atom is 0.258 e. The lowest BCUT2D eigenvalue weighted by Crippen LogP contribution is -2.30. The molecule has 0 spiro atoms. The second kappa shape index (κ2) is 9.55. The molecule has 0 aliphatic rings. The number of benzene rings is 3. The van der Waals surface area contributed by atoms with Crippen LogP contribution in [0.3, 0.4) is 0 Å². The molecule has 0 heterocycles. The highest BCUT2D eigenvalue weighted by Crippen LogP contribution is 2.18. The van der Waals surface area contributed by atoms with Gasteiger partial charge in [0.05, 0.1) is 0 Å². The minimum Gasteiger partial charge on any atom is -0.399 e. The van der Waals surface area contributed by atoms with E-state index in [4.69, 9.17) is 5.73 Å². The fraction of sp³-hybridized carbons (Fsp3) is 0.167. The van der Waals surface area contributed by atoms with E-state index in [1.54, 1.807) is 29.2 Å². The number of nitrogens with zero attached hydrogens (tertiary/aromatic N) is 1. The Bertz CT molecular complexity index is 969. The zero-order valence-electron chi connectivity index (χ0n) is 16.5. The predicted molar refractivity (Wildman–Crippen MR) is 118 cm³/mol. The topological polar surface area (TPSA) is 75.4 Å². The van der Waals surface area contributed by atoms with Gasteiger partial charge in [-0.05, 0) is 61.4 Å². The van der Waals surface area contributed by atoms with Gasteiger partial charge in [-0.2, -0.15) is 0 Å². The Labute approximate surface area is 171 Å². The molecule has 5 nitrogen and oxygen atoms in total. The second-order valence-electron chi connectivity index (χ2n) is 6.71. The molecule has 0 unspecified atom stereocenters. The smallest absolute Gasteiger partial charge is 0.258 e. The van der Waals surface area contributed by atoms with Crippen LogP contribution >= 0.6 is 0 Å². The molecule has 0 aliphatic carbocycles. The number of carbonyl (C=O) groups is 2. The first-order valence-electron chi connectivity index (χ1n) is 9.68. The molecule has 29 heavy (non-hydrogen) atoms. The lowest BCUT2D eigenvalue weighted by molar-refractivity contribution is -0.116. The molecule has 5 heteroatoms. The van der Waals surface area contributed by atoms with E-state index in [-0.39, 0.29) is 11.8 Å². The highest BCUT2D eigenvalue weighted by atomic mass is 16.2. The van der Waals surface area contributed by atoms with Crippen LogP contribution in [-0.4, -0.2) is 18.4 Å². The Balaban J connectivity index is 1.60. The third-order valence-corrected chi connectivity index (χ3v) is 4.72. The van der Waals surface area contributed by atoms with Crippen LogP contribution < -0.4 is 16.0 Å². The second-order valence-corrected chi connectivity index (χ2v) is 6.71. The number of aryl methyl sites for hydroxylation is 1. The van der Waals surface area contributed by atoms with Gasteiger partial charge in [0.15, 0.2) is 0 Å². The predicted octanol–water partition coefficient (Wildman–Crippen LogP) is 4.51. The molecule has 0 saturated heterocycles. The average Bonchev–Trinajstić information content (AvgIpc) is 2.75. The van der Waals surface area contributed by atoms with Crippen molar-refractivity contribution in [2.24, 2.45) is 0 Å². The summed E-state index contributed by atoms with van der Waals surface area (Å²) >= 11 is 0. The molecule has 0 atom stereocenters. The summed E-state index contributed by atoms with van der Waals surface area (Å²) in [5.74, 6) is -0.164. The van der Waals surface area contributed by atoms with Crippen LogP contribution in [0.1, 0.15) is 29.3 Å². The van der Waals surface area contributed by atoms with Crippen LogP contribution in [-0.2, 0) is 11.2 Å². The molecular weight excluding hydrogens is 362 g/mol. The number of rotatable bonds is 7. The van der Waals surface area contributed by atoms with Crippen LogP contribution in [0, 0.1) is 0 Å². The molecule has 0 bridgehead atoms.